The Morgan fingerprint density at radius 1 is 1.25 bits per heavy atom. The Balaban J connectivity index is 1.54. The first kappa shape index (κ1) is 29.3. The highest BCUT2D eigenvalue weighted by Crippen LogP contribution is 2.31. The molecule has 36 heavy (non-hydrogen) atoms. The lowest BCUT2D eigenvalue weighted by Crippen LogP contribution is -2.48. The lowest BCUT2D eigenvalue weighted by atomic mass is 9.79. The van der Waals surface area contributed by atoms with E-state index in [-0.39, 0.29) is 30.0 Å². The number of likely N-dealkylation sites (tertiary alicyclic amines) is 1. The van der Waals surface area contributed by atoms with Crippen LogP contribution in [0, 0.1) is 9.39 Å². The first-order valence-corrected chi connectivity index (χ1v) is 14.4. The van der Waals surface area contributed by atoms with Crippen molar-refractivity contribution in [2.75, 3.05) is 39.8 Å². The summed E-state index contributed by atoms with van der Waals surface area (Å²) in [7, 11) is 2.05. The average molecular weight is 719 g/mol. The highest BCUT2D eigenvalue weighted by atomic mass is 127. The minimum Gasteiger partial charge on any atom is -0.445 e. The fourth-order valence-corrected chi connectivity index (χ4v) is 5.95. The Bertz CT molecular complexity index is 997. The zero-order valence-electron chi connectivity index (χ0n) is 21.1. The van der Waals surface area contributed by atoms with Gasteiger partial charge >= 0.3 is 6.09 Å². The molecule has 1 aliphatic heterocycles. The summed E-state index contributed by atoms with van der Waals surface area (Å²) in [5.74, 6) is -0.188. The van der Waals surface area contributed by atoms with Gasteiger partial charge in [0, 0.05) is 64.1 Å². The smallest absolute Gasteiger partial charge is 0.410 e. The Labute approximate surface area is 242 Å². The summed E-state index contributed by atoms with van der Waals surface area (Å²) >= 11 is 4.56. The standard InChI is InChI=1S/C28H36FI2N3O2/c1-4-15-34(27(35)36-20-22-8-10-25(30)11-9-22)26-12-16-33(17-13-26)18-14-28(2,21-32(3)31)23-6-5-7-24(29)19-23/h4-11,19,26H,1,12-18,20-21H2,2-3H3. The number of rotatable bonds is 11. The Hall–Kier alpha value is -1.24. The maximum atomic E-state index is 14.0. The predicted molar refractivity (Wildman–Crippen MR) is 161 cm³/mol. The first-order chi connectivity index (χ1) is 17.2. The minimum absolute atomic E-state index is 0.138. The van der Waals surface area contributed by atoms with Crippen molar-refractivity contribution >= 4 is 51.5 Å². The fraction of sp³-hybridized carbons (Fsp3) is 0.464. The van der Waals surface area contributed by atoms with Crippen LogP contribution in [0.1, 0.15) is 37.3 Å². The summed E-state index contributed by atoms with van der Waals surface area (Å²) in [6.07, 6.45) is 4.22. The number of ether oxygens (including phenoxy) is 1. The summed E-state index contributed by atoms with van der Waals surface area (Å²) < 4.78 is 22.9. The molecule has 0 bridgehead atoms. The molecule has 1 heterocycles. The number of halogens is 3. The molecule has 0 radical (unpaired) electrons. The van der Waals surface area contributed by atoms with Gasteiger partial charge < -0.3 is 14.5 Å². The lowest BCUT2D eigenvalue weighted by Gasteiger charge is -2.39. The van der Waals surface area contributed by atoms with E-state index in [2.05, 4.69) is 74.0 Å². The van der Waals surface area contributed by atoms with Gasteiger partial charge in [0.15, 0.2) is 0 Å². The summed E-state index contributed by atoms with van der Waals surface area (Å²) in [5, 5.41) is 0. The van der Waals surface area contributed by atoms with E-state index < -0.39 is 0 Å². The number of benzene rings is 2. The van der Waals surface area contributed by atoms with Gasteiger partial charge in [-0.05, 0) is 90.8 Å². The van der Waals surface area contributed by atoms with Crippen molar-refractivity contribution in [3.8, 4) is 0 Å². The van der Waals surface area contributed by atoms with E-state index in [9.17, 15) is 9.18 Å². The average Bonchev–Trinajstić information content (AvgIpc) is 2.85. The molecule has 0 N–H and O–H groups in total. The van der Waals surface area contributed by atoms with Crippen molar-refractivity contribution in [2.45, 2.75) is 44.2 Å². The van der Waals surface area contributed by atoms with Crippen LogP contribution in [0.4, 0.5) is 9.18 Å². The monoisotopic (exact) mass is 719 g/mol. The molecule has 8 heteroatoms. The van der Waals surface area contributed by atoms with Crippen LogP contribution in [0.3, 0.4) is 0 Å². The molecule has 2 aromatic rings. The normalized spacial score (nSPS) is 16.5. The van der Waals surface area contributed by atoms with E-state index in [0.717, 1.165) is 60.1 Å². The number of hydrogen-bond donors (Lipinski definition) is 0. The maximum absolute atomic E-state index is 14.0. The summed E-state index contributed by atoms with van der Waals surface area (Å²) in [4.78, 5) is 17.2. The molecule has 0 aromatic heterocycles. The van der Waals surface area contributed by atoms with Gasteiger partial charge in [0.2, 0.25) is 0 Å². The third kappa shape index (κ3) is 8.66. The van der Waals surface area contributed by atoms with Crippen LogP contribution in [0.2, 0.25) is 0 Å². The number of hydrogen-bond acceptors (Lipinski definition) is 4. The molecule has 196 valence electrons. The van der Waals surface area contributed by atoms with Gasteiger partial charge in [0.25, 0.3) is 0 Å². The van der Waals surface area contributed by atoms with E-state index in [1.54, 1.807) is 18.2 Å². The van der Waals surface area contributed by atoms with Crippen LogP contribution >= 0.6 is 45.5 Å². The second-order valence-corrected chi connectivity index (χ2v) is 12.7. The van der Waals surface area contributed by atoms with Gasteiger partial charge in [-0.25, -0.2) is 12.3 Å². The van der Waals surface area contributed by atoms with Crippen molar-refractivity contribution in [3.63, 3.8) is 0 Å². The minimum atomic E-state index is -0.282. The Morgan fingerprint density at radius 2 is 1.94 bits per heavy atom. The number of likely N-dealkylation sites (N-methyl/N-ethyl adjacent to an activating group) is 1. The first-order valence-electron chi connectivity index (χ1n) is 12.3. The molecule has 3 rings (SSSR count). The lowest BCUT2D eigenvalue weighted by molar-refractivity contribution is 0.0647. The van der Waals surface area contributed by atoms with Crippen LogP contribution in [-0.2, 0) is 16.8 Å². The summed E-state index contributed by atoms with van der Waals surface area (Å²) in [6, 6.07) is 15.1. The van der Waals surface area contributed by atoms with Crippen LogP contribution < -0.4 is 0 Å². The van der Waals surface area contributed by atoms with Gasteiger partial charge in [-0.1, -0.05) is 37.3 Å². The van der Waals surface area contributed by atoms with E-state index >= 15 is 0 Å². The van der Waals surface area contributed by atoms with E-state index in [0.29, 0.717) is 6.54 Å². The molecule has 5 nitrogen and oxygen atoms in total. The van der Waals surface area contributed by atoms with E-state index in [4.69, 9.17) is 4.74 Å². The zero-order valence-corrected chi connectivity index (χ0v) is 25.5. The molecular formula is C28H36FI2N3O2. The van der Waals surface area contributed by atoms with Gasteiger partial charge in [-0.2, -0.15) is 0 Å². The molecule has 0 saturated carbocycles. The maximum Gasteiger partial charge on any atom is 0.410 e. The number of carbonyl (C=O) groups is 1. The molecule has 1 aliphatic rings. The quantitative estimate of drug-likeness (QED) is 0.148. The summed E-state index contributed by atoms with van der Waals surface area (Å²) in [5.41, 5.74) is 1.87. The molecule has 0 spiro atoms. The van der Waals surface area contributed by atoms with Crippen LogP contribution in [0.15, 0.2) is 61.2 Å². The summed E-state index contributed by atoms with van der Waals surface area (Å²) in [6.45, 7) is 10.4. The van der Waals surface area contributed by atoms with Crippen molar-refractivity contribution in [1.82, 2.24) is 12.9 Å². The van der Waals surface area contributed by atoms with Crippen molar-refractivity contribution in [2.24, 2.45) is 0 Å². The van der Waals surface area contributed by atoms with Gasteiger partial charge in [0.1, 0.15) is 12.4 Å². The predicted octanol–water partition coefficient (Wildman–Crippen LogP) is 6.65. The number of carbonyl (C=O) groups excluding carboxylic acids is 1. The van der Waals surface area contributed by atoms with Crippen molar-refractivity contribution in [1.29, 1.82) is 0 Å². The van der Waals surface area contributed by atoms with Gasteiger partial charge in [-0.3, -0.25) is 0 Å². The highest BCUT2D eigenvalue weighted by Gasteiger charge is 2.32. The fourth-order valence-electron chi connectivity index (χ4n) is 4.84. The molecule has 2 aromatic carbocycles. The largest absolute Gasteiger partial charge is 0.445 e. The number of amides is 1. The second-order valence-electron chi connectivity index (χ2n) is 9.78. The van der Waals surface area contributed by atoms with Crippen LogP contribution in [-0.4, -0.2) is 64.8 Å². The Kier molecular flexibility index (Phi) is 11.5. The van der Waals surface area contributed by atoms with Crippen molar-refractivity contribution < 1.29 is 13.9 Å². The number of nitrogens with zero attached hydrogens (tertiary/aromatic N) is 3. The molecule has 1 saturated heterocycles. The van der Waals surface area contributed by atoms with E-state index in [1.165, 1.54) is 6.07 Å². The number of piperidine rings is 1. The third-order valence-electron chi connectivity index (χ3n) is 6.90. The topological polar surface area (TPSA) is 36.0 Å². The Morgan fingerprint density at radius 3 is 2.56 bits per heavy atom. The van der Waals surface area contributed by atoms with Crippen LogP contribution in [0.25, 0.3) is 0 Å². The molecule has 1 amide bonds. The van der Waals surface area contributed by atoms with E-state index in [1.807, 2.05) is 35.2 Å². The van der Waals surface area contributed by atoms with Gasteiger partial charge in [-0.15, -0.1) is 6.58 Å². The van der Waals surface area contributed by atoms with Crippen LogP contribution in [0.5, 0.6) is 0 Å². The molecule has 1 fully saturated rings. The zero-order chi connectivity index (χ0) is 26.1. The third-order valence-corrected chi connectivity index (χ3v) is 7.96. The molecular weight excluding hydrogens is 683 g/mol. The van der Waals surface area contributed by atoms with Gasteiger partial charge in [0.05, 0.1) is 0 Å². The SMILES string of the molecule is C=CCN(C(=O)OCc1ccc(I)cc1)C1CCN(CCC(C)(CN(C)I)c2cccc(F)c2)CC1. The second kappa shape index (κ2) is 14.1. The van der Waals surface area contributed by atoms with Crippen molar-refractivity contribution in [3.05, 3.63) is 81.7 Å². The highest BCUT2D eigenvalue weighted by molar-refractivity contribution is 14.1. The molecule has 1 unspecified atom stereocenters. The molecule has 1 atom stereocenters. The molecule has 0 aliphatic carbocycles.